The molecule has 0 unspecified atom stereocenters. The minimum absolute atomic E-state index is 0.0632. The van der Waals surface area contributed by atoms with Crippen LogP contribution in [0, 0.1) is 5.92 Å². The van der Waals surface area contributed by atoms with Gasteiger partial charge in [0.25, 0.3) is 0 Å². The number of nitrogens with zero attached hydrogens (tertiary/aromatic N) is 4. The summed E-state index contributed by atoms with van der Waals surface area (Å²) in [4.78, 5) is 20.0. The van der Waals surface area contributed by atoms with E-state index in [9.17, 15) is 9.90 Å². The van der Waals surface area contributed by atoms with Crippen LogP contribution in [0.15, 0.2) is 18.2 Å². The maximum Gasteiger partial charge on any atom is 0.308 e. The SMILES string of the molecule is CCc1nc2sc([C@H](c3ccc(Cl)cc3Cl)N3CCC(C(=O)OC)CC3)c(O)n2n1. The predicted octanol–water partition coefficient (Wildman–Crippen LogP) is 4.34. The van der Waals surface area contributed by atoms with Crippen LogP contribution in [0.2, 0.25) is 10.0 Å². The summed E-state index contributed by atoms with van der Waals surface area (Å²) < 4.78 is 6.39. The van der Waals surface area contributed by atoms with E-state index in [1.54, 1.807) is 12.1 Å². The second-order valence-electron chi connectivity index (χ2n) is 7.27. The Labute approximate surface area is 188 Å². The molecule has 0 aliphatic carbocycles. The number of hydrogen-bond donors (Lipinski definition) is 1. The number of hydrogen-bond acceptors (Lipinski definition) is 7. The van der Waals surface area contributed by atoms with Crippen LogP contribution >= 0.6 is 34.5 Å². The summed E-state index contributed by atoms with van der Waals surface area (Å²) in [5, 5.41) is 16.4. The Morgan fingerprint density at radius 1 is 1.37 bits per heavy atom. The van der Waals surface area contributed by atoms with Gasteiger partial charge in [0, 0.05) is 16.5 Å². The van der Waals surface area contributed by atoms with Gasteiger partial charge in [-0.3, -0.25) is 9.69 Å². The summed E-state index contributed by atoms with van der Waals surface area (Å²) in [7, 11) is 1.42. The molecule has 4 rings (SSSR count). The maximum absolute atomic E-state index is 11.9. The molecule has 0 bridgehead atoms. The third-order valence-electron chi connectivity index (χ3n) is 5.49. The van der Waals surface area contributed by atoms with Gasteiger partial charge in [-0.15, -0.1) is 5.10 Å². The second kappa shape index (κ2) is 8.70. The van der Waals surface area contributed by atoms with Gasteiger partial charge in [-0.2, -0.15) is 4.52 Å². The predicted molar refractivity (Wildman–Crippen MR) is 117 cm³/mol. The van der Waals surface area contributed by atoms with Gasteiger partial charge in [-0.25, -0.2) is 4.98 Å². The third kappa shape index (κ3) is 3.89. The number of likely N-dealkylation sites (tertiary alicyclic amines) is 1. The first-order valence-electron chi connectivity index (χ1n) is 9.77. The van der Waals surface area contributed by atoms with Gasteiger partial charge in [-0.05, 0) is 43.6 Å². The van der Waals surface area contributed by atoms with Crippen molar-refractivity contribution in [3.05, 3.63) is 44.5 Å². The zero-order valence-corrected chi connectivity index (χ0v) is 19.0. The van der Waals surface area contributed by atoms with Crippen LogP contribution in [-0.2, 0) is 16.0 Å². The fraction of sp³-hybridized carbons (Fsp3) is 0.450. The molecule has 2 aromatic heterocycles. The molecule has 0 amide bonds. The molecule has 1 aliphatic heterocycles. The number of methoxy groups -OCH3 is 1. The van der Waals surface area contributed by atoms with Crippen LogP contribution in [-0.4, -0.2) is 50.8 Å². The Kier molecular flexibility index (Phi) is 6.20. The van der Waals surface area contributed by atoms with Gasteiger partial charge in [-0.1, -0.05) is 47.5 Å². The summed E-state index contributed by atoms with van der Waals surface area (Å²) in [5.74, 6) is 0.455. The van der Waals surface area contributed by atoms with Crippen molar-refractivity contribution in [3.8, 4) is 5.88 Å². The highest BCUT2D eigenvalue weighted by atomic mass is 35.5. The molecule has 1 N–H and O–H groups in total. The van der Waals surface area contributed by atoms with E-state index in [0.29, 0.717) is 58.1 Å². The lowest BCUT2D eigenvalue weighted by Crippen LogP contribution is -2.39. The highest BCUT2D eigenvalue weighted by Crippen LogP contribution is 2.43. The second-order valence-corrected chi connectivity index (χ2v) is 9.12. The van der Waals surface area contributed by atoms with Crippen molar-refractivity contribution in [2.24, 2.45) is 5.92 Å². The van der Waals surface area contributed by atoms with Crippen LogP contribution in [0.4, 0.5) is 0 Å². The third-order valence-corrected chi connectivity index (χ3v) is 7.13. The molecule has 1 aromatic carbocycles. The molecule has 7 nitrogen and oxygen atoms in total. The number of aromatic nitrogens is 3. The first-order valence-corrected chi connectivity index (χ1v) is 11.3. The van der Waals surface area contributed by atoms with Crippen molar-refractivity contribution in [1.82, 2.24) is 19.5 Å². The summed E-state index contributed by atoms with van der Waals surface area (Å²) in [5.41, 5.74) is 0.841. The molecule has 30 heavy (non-hydrogen) atoms. The smallest absolute Gasteiger partial charge is 0.308 e. The lowest BCUT2D eigenvalue weighted by molar-refractivity contribution is -0.147. The normalized spacial score (nSPS) is 16.8. The van der Waals surface area contributed by atoms with E-state index < -0.39 is 0 Å². The van der Waals surface area contributed by atoms with Crippen LogP contribution in [0.1, 0.15) is 42.1 Å². The first kappa shape index (κ1) is 21.4. The molecule has 1 atom stereocenters. The molecule has 3 heterocycles. The highest BCUT2D eigenvalue weighted by Gasteiger charge is 2.35. The summed E-state index contributed by atoms with van der Waals surface area (Å²) >= 11 is 14.1. The van der Waals surface area contributed by atoms with Crippen LogP contribution in [0.5, 0.6) is 5.88 Å². The van der Waals surface area contributed by atoms with E-state index >= 15 is 0 Å². The molecule has 160 valence electrons. The number of fused-ring (bicyclic) bond motifs is 1. The van der Waals surface area contributed by atoms with Crippen molar-refractivity contribution >= 4 is 45.5 Å². The molecule has 1 saturated heterocycles. The number of halogens is 2. The minimum Gasteiger partial charge on any atom is -0.492 e. The maximum atomic E-state index is 11.9. The van der Waals surface area contributed by atoms with E-state index in [2.05, 4.69) is 15.0 Å². The monoisotopic (exact) mass is 468 g/mol. The summed E-state index contributed by atoms with van der Waals surface area (Å²) in [6, 6.07) is 5.08. The molecule has 0 saturated carbocycles. The average molecular weight is 469 g/mol. The Hall–Kier alpha value is -1.87. The van der Waals surface area contributed by atoms with Gasteiger partial charge in [0.2, 0.25) is 10.8 Å². The number of aryl methyl sites for hydroxylation is 1. The zero-order chi connectivity index (χ0) is 21.4. The van der Waals surface area contributed by atoms with Crippen LogP contribution < -0.4 is 0 Å². The Morgan fingerprint density at radius 3 is 2.70 bits per heavy atom. The largest absolute Gasteiger partial charge is 0.492 e. The average Bonchev–Trinajstić information content (AvgIpc) is 3.29. The van der Waals surface area contributed by atoms with E-state index in [0.717, 1.165) is 5.56 Å². The number of piperidine rings is 1. The van der Waals surface area contributed by atoms with Crippen molar-refractivity contribution < 1.29 is 14.6 Å². The van der Waals surface area contributed by atoms with Gasteiger partial charge in [0.1, 0.15) is 0 Å². The topological polar surface area (TPSA) is 80.0 Å². The number of carbonyl (C=O) groups is 1. The lowest BCUT2D eigenvalue weighted by Gasteiger charge is -2.36. The fourth-order valence-electron chi connectivity index (χ4n) is 3.91. The van der Waals surface area contributed by atoms with Crippen LogP contribution in [0.25, 0.3) is 4.96 Å². The number of aromatic hydroxyl groups is 1. The quantitative estimate of drug-likeness (QED) is 0.560. The molecular weight excluding hydrogens is 447 g/mol. The molecule has 0 spiro atoms. The zero-order valence-electron chi connectivity index (χ0n) is 16.6. The number of carbonyl (C=O) groups excluding carboxylic acids is 1. The standard InChI is InChI=1S/C20H22Cl2N4O3S/c1-3-15-23-20-26(24-15)18(27)17(30-20)16(13-5-4-12(21)10-14(13)22)25-8-6-11(7-9-25)19(28)29-2/h4-5,10-11,16,27H,3,6-9H2,1-2H3/t16-/m0/s1. The van der Waals surface area contributed by atoms with Crippen molar-refractivity contribution in [2.45, 2.75) is 32.2 Å². The Balaban J connectivity index is 1.74. The first-order chi connectivity index (χ1) is 14.4. The molecule has 3 aromatic rings. The van der Waals surface area contributed by atoms with Gasteiger partial charge >= 0.3 is 5.97 Å². The van der Waals surface area contributed by atoms with Crippen LogP contribution in [0.3, 0.4) is 0 Å². The fourth-order valence-corrected chi connectivity index (χ4v) is 5.54. The van der Waals surface area contributed by atoms with Gasteiger partial charge in [0.05, 0.1) is 23.9 Å². The Morgan fingerprint density at radius 2 is 2.10 bits per heavy atom. The summed E-state index contributed by atoms with van der Waals surface area (Å²) in [6.07, 6.45) is 2.04. The molecule has 1 fully saturated rings. The van der Waals surface area contributed by atoms with Crippen molar-refractivity contribution in [2.75, 3.05) is 20.2 Å². The number of esters is 1. The molecule has 0 radical (unpaired) electrons. The van der Waals surface area contributed by atoms with Crippen molar-refractivity contribution in [3.63, 3.8) is 0 Å². The highest BCUT2D eigenvalue weighted by molar-refractivity contribution is 7.17. The molecule has 10 heteroatoms. The Bertz CT molecular complexity index is 1080. The number of ether oxygens (including phenoxy) is 1. The van der Waals surface area contributed by atoms with E-state index in [-0.39, 0.29) is 23.8 Å². The van der Waals surface area contributed by atoms with Gasteiger partial charge in [0.15, 0.2) is 5.82 Å². The number of benzene rings is 1. The van der Waals surface area contributed by atoms with Gasteiger partial charge < -0.3 is 9.84 Å². The van der Waals surface area contributed by atoms with E-state index in [4.69, 9.17) is 27.9 Å². The minimum atomic E-state index is -0.299. The van der Waals surface area contributed by atoms with E-state index in [1.807, 2.05) is 13.0 Å². The molecular formula is C20H22Cl2N4O3S. The number of thiazole rings is 1. The summed E-state index contributed by atoms with van der Waals surface area (Å²) in [6.45, 7) is 3.30. The van der Waals surface area contributed by atoms with Crippen molar-refractivity contribution in [1.29, 1.82) is 0 Å². The lowest BCUT2D eigenvalue weighted by atomic mass is 9.93. The molecule has 1 aliphatic rings. The van der Waals surface area contributed by atoms with E-state index in [1.165, 1.54) is 23.0 Å². The number of rotatable bonds is 5.